The van der Waals surface area contributed by atoms with Crippen LogP contribution in [0.25, 0.3) is 0 Å². The summed E-state index contributed by atoms with van der Waals surface area (Å²) < 4.78 is 27.0. The zero-order chi connectivity index (χ0) is 19.4. The number of carbonyl (C=O) groups is 1. The predicted octanol–water partition coefficient (Wildman–Crippen LogP) is 1.18. The molecule has 3 rings (SSSR count). The number of carbonyl (C=O) groups excluding carboxylic acids is 1. The largest absolute Gasteiger partial charge is 0.325 e. The van der Waals surface area contributed by atoms with Crippen LogP contribution in [0.5, 0.6) is 0 Å². The Balaban J connectivity index is 1.57. The number of hydrogen-bond acceptors (Lipinski definition) is 3. The van der Waals surface area contributed by atoms with E-state index in [0.717, 1.165) is 16.2 Å². The average Bonchev–Trinajstić information content (AvgIpc) is 2.64. The summed E-state index contributed by atoms with van der Waals surface area (Å²) in [5, 5.41) is 3.15. The lowest BCUT2D eigenvalue weighted by Gasteiger charge is -2.31. The maximum absolute atomic E-state index is 12.8. The van der Waals surface area contributed by atoms with Crippen molar-refractivity contribution in [2.45, 2.75) is 11.8 Å². The lowest BCUT2D eigenvalue weighted by molar-refractivity contribution is -0.895. The van der Waals surface area contributed by atoms with Gasteiger partial charge in [0.2, 0.25) is 10.0 Å². The highest BCUT2D eigenvalue weighted by atomic mass is 35.5. The number of benzene rings is 2. The molecule has 8 heteroatoms. The maximum Gasteiger partial charge on any atom is 0.279 e. The lowest BCUT2D eigenvalue weighted by atomic mass is 10.2. The number of anilines is 1. The Kier molecular flexibility index (Phi) is 6.16. The number of quaternary nitrogens is 1. The number of hydrogen-bond donors (Lipinski definition) is 2. The highest BCUT2D eigenvalue weighted by molar-refractivity contribution is 7.89. The van der Waals surface area contributed by atoms with Crippen molar-refractivity contribution in [3.8, 4) is 0 Å². The molecule has 0 aromatic heterocycles. The van der Waals surface area contributed by atoms with Gasteiger partial charge in [-0.05, 0) is 30.7 Å². The van der Waals surface area contributed by atoms with Gasteiger partial charge in [-0.1, -0.05) is 41.9 Å². The van der Waals surface area contributed by atoms with Crippen molar-refractivity contribution in [1.82, 2.24) is 4.31 Å². The topological polar surface area (TPSA) is 70.9 Å². The van der Waals surface area contributed by atoms with E-state index in [1.807, 2.05) is 31.2 Å². The number of para-hydroxylation sites is 1. The van der Waals surface area contributed by atoms with Crippen LogP contribution >= 0.6 is 11.6 Å². The van der Waals surface area contributed by atoms with E-state index in [0.29, 0.717) is 32.7 Å². The quantitative estimate of drug-likeness (QED) is 0.780. The minimum Gasteiger partial charge on any atom is -0.325 e. The first kappa shape index (κ1) is 19.8. The van der Waals surface area contributed by atoms with Crippen molar-refractivity contribution in [2.75, 3.05) is 38.0 Å². The van der Waals surface area contributed by atoms with Gasteiger partial charge in [-0.3, -0.25) is 4.79 Å². The smallest absolute Gasteiger partial charge is 0.279 e. The number of piperazine rings is 1. The molecule has 1 aliphatic heterocycles. The Bertz CT molecular complexity index is 925. The fraction of sp³-hybridized carbons (Fsp3) is 0.316. The summed E-state index contributed by atoms with van der Waals surface area (Å²) in [5.41, 5.74) is 1.82. The van der Waals surface area contributed by atoms with Gasteiger partial charge in [0.15, 0.2) is 6.54 Å². The minimum absolute atomic E-state index is 0.0679. The van der Waals surface area contributed by atoms with Crippen LogP contribution in [-0.4, -0.2) is 51.4 Å². The molecule has 2 aromatic carbocycles. The molecular weight excluding hydrogens is 386 g/mol. The summed E-state index contributed by atoms with van der Waals surface area (Å²) >= 11 is 6.05. The van der Waals surface area contributed by atoms with Crippen LogP contribution < -0.4 is 10.2 Å². The summed E-state index contributed by atoms with van der Waals surface area (Å²) in [6.45, 7) is 4.13. The summed E-state index contributed by atoms with van der Waals surface area (Å²) in [7, 11) is -3.61. The first-order valence-corrected chi connectivity index (χ1v) is 10.6. The molecule has 0 unspecified atom stereocenters. The molecule has 0 spiro atoms. The van der Waals surface area contributed by atoms with Gasteiger partial charge in [-0.2, -0.15) is 4.31 Å². The van der Waals surface area contributed by atoms with Crippen LogP contribution in [0.15, 0.2) is 53.4 Å². The van der Waals surface area contributed by atoms with Gasteiger partial charge in [-0.15, -0.1) is 0 Å². The molecule has 1 saturated heterocycles. The van der Waals surface area contributed by atoms with E-state index in [9.17, 15) is 13.2 Å². The number of amides is 1. The Labute approximate surface area is 164 Å². The van der Waals surface area contributed by atoms with Gasteiger partial charge in [0.1, 0.15) is 4.90 Å². The summed E-state index contributed by atoms with van der Waals surface area (Å²) in [6, 6.07) is 14.1. The molecule has 0 atom stereocenters. The zero-order valence-corrected chi connectivity index (χ0v) is 16.7. The van der Waals surface area contributed by atoms with Crippen molar-refractivity contribution in [3.63, 3.8) is 0 Å². The second-order valence-corrected chi connectivity index (χ2v) is 8.94. The number of rotatable bonds is 5. The molecule has 27 heavy (non-hydrogen) atoms. The van der Waals surface area contributed by atoms with E-state index in [-0.39, 0.29) is 15.8 Å². The zero-order valence-electron chi connectivity index (χ0n) is 15.1. The third kappa shape index (κ3) is 4.68. The molecule has 1 fully saturated rings. The number of halogens is 1. The van der Waals surface area contributed by atoms with Gasteiger partial charge in [0.25, 0.3) is 5.91 Å². The van der Waals surface area contributed by atoms with Crippen LogP contribution in [0.2, 0.25) is 5.02 Å². The standard InChI is InChI=1S/C19H22ClN3O3S/c1-15-6-2-4-8-17(15)21-19(24)14-22-10-12-23(13-11-22)27(25,26)18-9-5-3-7-16(18)20/h2-9H,10-14H2,1H3,(H,21,24)/p+1. The molecule has 1 heterocycles. The van der Waals surface area contributed by atoms with E-state index >= 15 is 0 Å². The van der Waals surface area contributed by atoms with Crippen molar-refractivity contribution >= 4 is 33.2 Å². The Morgan fingerprint density at radius 2 is 1.74 bits per heavy atom. The molecule has 144 valence electrons. The first-order valence-electron chi connectivity index (χ1n) is 8.81. The summed E-state index contributed by atoms with van der Waals surface area (Å²) in [6.07, 6.45) is 0. The number of sulfonamides is 1. The highest BCUT2D eigenvalue weighted by Gasteiger charge is 2.32. The number of nitrogens with one attached hydrogen (secondary N) is 2. The molecule has 0 bridgehead atoms. The molecule has 0 saturated carbocycles. The van der Waals surface area contributed by atoms with Crippen molar-refractivity contribution in [2.24, 2.45) is 0 Å². The van der Waals surface area contributed by atoms with Gasteiger partial charge in [-0.25, -0.2) is 8.42 Å². The molecule has 0 radical (unpaired) electrons. The summed E-state index contributed by atoms with van der Waals surface area (Å²) in [4.78, 5) is 13.5. The average molecular weight is 409 g/mol. The molecule has 2 aromatic rings. The van der Waals surface area contributed by atoms with Crippen LogP contribution in [0.3, 0.4) is 0 Å². The molecule has 1 amide bonds. The van der Waals surface area contributed by atoms with Crippen LogP contribution in [-0.2, 0) is 14.8 Å². The first-order chi connectivity index (χ1) is 12.9. The monoisotopic (exact) mass is 408 g/mol. The van der Waals surface area contributed by atoms with Gasteiger partial charge in [0.05, 0.1) is 31.2 Å². The second kappa shape index (κ2) is 8.39. The fourth-order valence-corrected chi connectivity index (χ4v) is 5.08. The van der Waals surface area contributed by atoms with Gasteiger partial charge < -0.3 is 10.2 Å². The highest BCUT2D eigenvalue weighted by Crippen LogP contribution is 2.24. The molecule has 1 aliphatic rings. The number of nitrogens with zero attached hydrogens (tertiary/aromatic N) is 1. The predicted molar refractivity (Wildman–Crippen MR) is 106 cm³/mol. The summed E-state index contributed by atoms with van der Waals surface area (Å²) in [5.74, 6) is -0.0679. The normalized spacial score (nSPS) is 16.2. The van der Waals surface area contributed by atoms with Crippen molar-refractivity contribution in [1.29, 1.82) is 0 Å². The maximum atomic E-state index is 12.8. The molecule has 0 aliphatic carbocycles. The third-order valence-electron chi connectivity index (χ3n) is 4.71. The number of aryl methyl sites for hydroxylation is 1. The SMILES string of the molecule is Cc1ccccc1NC(=O)C[NH+]1CCN(S(=O)(=O)c2ccccc2Cl)CC1. The van der Waals surface area contributed by atoms with E-state index in [1.165, 1.54) is 10.4 Å². The third-order valence-corrected chi connectivity index (χ3v) is 7.11. The van der Waals surface area contributed by atoms with Gasteiger partial charge in [0, 0.05) is 5.69 Å². The second-order valence-electron chi connectivity index (χ2n) is 6.62. The van der Waals surface area contributed by atoms with E-state index in [1.54, 1.807) is 18.2 Å². The Hall–Kier alpha value is -1.93. The Morgan fingerprint density at radius 1 is 1.11 bits per heavy atom. The van der Waals surface area contributed by atoms with Crippen molar-refractivity contribution < 1.29 is 18.1 Å². The minimum atomic E-state index is -3.61. The molecule has 2 N–H and O–H groups in total. The van der Waals surface area contributed by atoms with Crippen molar-refractivity contribution in [3.05, 3.63) is 59.1 Å². The molecular formula is C19H23ClN3O3S+. The molecule has 6 nitrogen and oxygen atoms in total. The van der Waals surface area contributed by atoms with E-state index in [4.69, 9.17) is 11.6 Å². The van der Waals surface area contributed by atoms with Gasteiger partial charge >= 0.3 is 0 Å². The lowest BCUT2D eigenvalue weighted by Crippen LogP contribution is -3.15. The van der Waals surface area contributed by atoms with E-state index < -0.39 is 10.0 Å². The van der Waals surface area contributed by atoms with Crippen LogP contribution in [0.1, 0.15) is 5.56 Å². The van der Waals surface area contributed by atoms with Crippen LogP contribution in [0.4, 0.5) is 5.69 Å². The Morgan fingerprint density at radius 3 is 2.41 bits per heavy atom. The van der Waals surface area contributed by atoms with E-state index in [2.05, 4.69) is 5.32 Å². The van der Waals surface area contributed by atoms with Crippen LogP contribution in [0, 0.1) is 6.92 Å². The fourth-order valence-electron chi connectivity index (χ4n) is 3.15.